The van der Waals surface area contributed by atoms with Gasteiger partial charge in [-0.1, -0.05) is 78.9 Å². The van der Waals surface area contributed by atoms with E-state index in [0.717, 1.165) is 16.8 Å². The molecule has 150 valence electrons. The van der Waals surface area contributed by atoms with Crippen LogP contribution < -0.4 is 0 Å². The second-order valence-corrected chi connectivity index (χ2v) is 7.23. The lowest BCUT2D eigenvalue weighted by Gasteiger charge is -2.19. The van der Waals surface area contributed by atoms with Crippen molar-refractivity contribution in [3.63, 3.8) is 0 Å². The van der Waals surface area contributed by atoms with E-state index in [1.807, 2.05) is 91.0 Å². The number of hydrogen-bond donors (Lipinski definition) is 1. The van der Waals surface area contributed by atoms with Crippen molar-refractivity contribution in [2.45, 2.75) is 0 Å². The van der Waals surface area contributed by atoms with Crippen molar-refractivity contribution in [1.82, 2.24) is 9.55 Å². The number of benzene rings is 3. The molecule has 1 aliphatic carbocycles. The lowest BCUT2D eigenvalue weighted by Crippen LogP contribution is -2.07. The van der Waals surface area contributed by atoms with Gasteiger partial charge in [0.15, 0.2) is 0 Å². The van der Waals surface area contributed by atoms with Crippen LogP contribution in [0.15, 0.2) is 91.0 Å². The number of rotatable bonds is 3. The predicted octanol–water partition coefficient (Wildman–Crippen LogP) is 5.76. The van der Waals surface area contributed by atoms with Gasteiger partial charge >= 0.3 is 0 Å². The fraction of sp³-hybridized carbons (Fsp3) is 0. The molecule has 5 rings (SSSR count). The van der Waals surface area contributed by atoms with E-state index >= 15 is 0 Å². The van der Waals surface area contributed by atoms with Crippen LogP contribution in [-0.2, 0) is 0 Å². The molecule has 0 radical (unpaired) electrons. The standard InChI is InChI=1S/C27H16N4O/c28-16-21-22(17-29)25-24(23(21)18-10-4-1-5-11-18)27(32)31(20-14-8-3-9-15-20)26(30-25)19-12-6-2-7-13-19/h1-15,32H. The van der Waals surface area contributed by atoms with E-state index in [1.165, 1.54) is 0 Å². The van der Waals surface area contributed by atoms with Gasteiger partial charge in [-0.2, -0.15) is 10.5 Å². The summed E-state index contributed by atoms with van der Waals surface area (Å²) in [5, 5.41) is 31.5. The van der Waals surface area contributed by atoms with Crippen LogP contribution in [-0.4, -0.2) is 14.7 Å². The molecule has 0 aromatic heterocycles. The number of aromatic nitrogens is 2. The molecule has 0 unspecified atom stereocenters. The Morgan fingerprint density at radius 2 is 1.19 bits per heavy atom. The molecule has 5 heteroatoms. The molecule has 0 bridgehead atoms. The molecule has 5 nitrogen and oxygen atoms in total. The van der Waals surface area contributed by atoms with Gasteiger partial charge in [-0.3, -0.25) is 4.57 Å². The van der Waals surface area contributed by atoms with Gasteiger partial charge in [0.25, 0.3) is 0 Å². The van der Waals surface area contributed by atoms with Crippen molar-refractivity contribution in [3.05, 3.63) is 102 Å². The Morgan fingerprint density at radius 1 is 0.656 bits per heavy atom. The zero-order valence-electron chi connectivity index (χ0n) is 16.9. The van der Waals surface area contributed by atoms with Crippen LogP contribution in [0.1, 0.15) is 11.1 Å². The van der Waals surface area contributed by atoms with Crippen LogP contribution >= 0.6 is 0 Å². The lowest BCUT2D eigenvalue weighted by atomic mass is 10.0. The largest absolute Gasteiger partial charge is 0.494 e. The zero-order valence-corrected chi connectivity index (χ0v) is 16.9. The maximum absolute atomic E-state index is 11.6. The van der Waals surface area contributed by atoms with Gasteiger partial charge in [-0.05, 0) is 17.7 Å². The smallest absolute Gasteiger partial charge is 0.207 e. The van der Waals surface area contributed by atoms with Gasteiger partial charge in [0, 0.05) is 11.1 Å². The number of hydrogen-bond acceptors (Lipinski definition) is 4. The maximum atomic E-state index is 11.6. The van der Waals surface area contributed by atoms with Crippen molar-refractivity contribution < 1.29 is 5.11 Å². The first-order chi connectivity index (χ1) is 15.7. The van der Waals surface area contributed by atoms with Gasteiger partial charge < -0.3 is 5.11 Å². The quantitative estimate of drug-likeness (QED) is 0.408. The highest BCUT2D eigenvalue weighted by Gasteiger charge is 2.32. The van der Waals surface area contributed by atoms with Gasteiger partial charge in [-0.25, -0.2) is 4.98 Å². The molecule has 0 saturated carbocycles. The first kappa shape index (κ1) is 19.1. The molecule has 0 saturated heterocycles. The minimum atomic E-state index is -0.0723. The lowest BCUT2D eigenvalue weighted by molar-refractivity contribution is 0.440. The van der Waals surface area contributed by atoms with E-state index in [-0.39, 0.29) is 17.0 Å². The van der Waals surface area contributed by atoms with Crippen LogP contribution in [0.2, 0.25) is 0 Å². The molecule has 1 heterocycles. The number of fused-ring (bicyclic) bond motifs is 1. The Hall–Kier alpha value is -4.87. The third kappa shape index (κ3) is 2.89. The maximum Gasteiger partial charge on any atom is 0.207 e. The topological polar surface area (TPSA) is 85.6 Å². The molecule has 1 N–H and O–H groups in total. The number of aromatic hydroxyl groups is 1. The predicted molar refractivity (Wildman–Crippen MR) is 122 cm³/mol. The average molecular weight is 412 g/mol. The SMILES string of the molecule is N#Cc1c2nc(-c3ccccc3)n(-c3ccccc3)c(O)c-2c(-c2ccccc2)c1C#N. The molecule has 0 amide bonds. The van der Waals surface area contributed by atoms with Crippen LogP contribution in [0.5, 0.6) is 5.88 Å². The third-order valence-electron chi connectivity index (χ3n) is 5.42. The first-order valence-corrected chi connectivity index (χ1v) is 10.0. The van der Waals surface area contributed by atoms with Crippen molar-refractivity contribution >= 4 is 0 Å². The Bertz CT molecular complexity index is 1470. The van der Waals surface area contributed by atoms with Gasteiger partial charge in [0.1, 0.15) is 18.0 Å². The van der Waals surface area contributed by atoms with Crippen LogP contribution in [0.4, 0.5) is 0 Å². The van der Waals surface area contributed by atoms with Gasteiger partial charge in [-0.15, -0.1) is 0 Å². The molecular formula is C27H16N4O. The van der Waals surface area contributed by atoms with E-state index in [2.05, 4.69) is 12.1 Å². The molecule has 0 spiro atoms. The summed E-state index contributed by atoms with van der Waals surface area (Å²) in [5.41, 5.74) is 3.80. The fourth-order valence-corrected chi connectivity index (χ4v) is 4.03. The monoisotopic (exact) mass is 412 g/mol. The Kier molecular flexibility index (Phi) is 4.63. The molecule has 1 aliphatic heterocycles. The van der Waals surface area contributed by atoms with E-state index < -0.39 is 0 Å². The highest BCUT2D eigenvalue weighted by molar-refractivity contribution is 5.97. The van der Waals surface area contributed by atoms with Crippen molar-refractivity contribution in [2.24, 2.45) is 0 Å². The summed E-state index contributed by atoms with van der Waals surface area (Å²) in [7, 11) is 0. The van der Waals surface area contributed by atoms with Gasteiger partial charge in [0.2, 0.25) is 5.88 Å². The normalized spacial score (nSPS) is 10.6. The number of nitrogens with zero attached hydrogens (tertiary/aromatic N) is 4. The molecule has 32 heavy (non-hydrogen) atoms. The highest BCUT2D eigenvalue weighted by Crippen LogP contribution is 2.48. The number of para-hydroxylation sites is 1. The number of nitriles is 2. The van der Waals surface area contributed by atoms with Crippen LogP contribution in [0, 0.1) is 22.7 Å². The van der Waals surface area contributed by atoms with Crippen LogP contribution in [0.25, 0.3) is 39.5 Å². The third-order valence-corrected chi connectivity index (χ3v) is 5.42. The Labute approximate surface area is 185 Å². The van der Waals surface area contributed by atoms with E-state index in [0.29, 0.717) is 22.6 Å². The summed E-state index contributed by atoms with van der Waals surface area (Å²) < 4.78 is 1.66. The average Bonchev–Trinajstić information content (AvgIpc) is 3.19. The highest BCUT2D eigenvalue weighted by atomic mass is 16.3. The zero-order chi connectivity index (χ0) is 22.1. The van der Waals surface area contributed by atoms with E-state index in [4.69, 9.17) is 4.98 Å². The minimum Gasteiger partial charge on any atom is -0.494 e. The van der Waals surface area contributed by atoms with Gasteiger partial charge in [0.05, 0.1) is 28.1 Å². The Balaban J connectivity index is 1.98. The van der Waals surface area contributed by atoms with Crippen molar-refractivity contribution in [1.29, 1.82) is 10.5 Å². The summed E-state index contributed by atoms with van der Waals surface area (Å²) in [6.07, 6.45) is 0. The Morgan fingerprint density at radius 3 is 1.75 bits per heavy atom. The fourth-order valence-electron chi connectivity index (χ4n) is 4.03. The first-order valence-electron chi connectivity index (χ1n) is 10.0. The summed E-state index contributed by atoms with van der Waals surface area (Å²) in [5.74, 6) is 0.407. The molecular weight excluding hydrogens is 396 g/mol. The summed E-state index contributed by atoms with van der Waals surface area (Å²) in [6.45, 7) is 0. The summed E-state index contributed by atoms with van der Waals surface area (Å²) >= 11 is 0. The molecule has 0 atom stereocenters. The molecule has 3 aromatic rings. The van der Waals surface area contributed by atoms with Crippen molar-refractivity contribution in [2.75, 3.05) is 0 Å². The summed E-state index contributed by atoms with van der Waals surface area (Å²) in [4.78, 5) is 4.84. The van der Waals surface area contributed by atoms with Crippen molar-refractivity contribution in [3.8, 4) is 57.5 Å². The minimum absolute atomic E-state index is 0.0723. The molecule has 3 aromatic carbocycles. The summed E-state index contributed by atoms with van der Waals surface area (Å²) in [6, 6.07) is 32.5. The second kappa shape index (κ2) is 7.75. The molecule has 0 fully saturated rings. The second-order valence-electron chi connectivity index (χ2n) is 7.23. The van der Waals surface area contributed by atoms with E-state index in [1.54, 1.807) is 4.57 Å². The van der Waals surface area contributed by atoms with E-state index in [9.17, 15) is 15.6 Å². The van der Waals surface area contributed by atoms with Crippen LogP contribution in [0.3, 0.4) is 0 Å². The molecule has 2 aliphatic rings.